The third-order valence-corrected chi connectivity index (χ3v) is 6.11. The Bertz CT molecular complexity index is 1230. The van der Waals surface area contributed by atoms with Crippen LogP contribution in [0, 0.1) is 0 Å². The number of benzene rings is 3. The van der Waals surface area contributed by atoms with E-state index < -0.39 is 11.8 Å². The zero-order chi connectivity index (χ0) is 25.2. The first kappa shape index (κ1) is 26.3. The predicted molar refractivity (Wildman–Crippen MR) is 141 cm³/mol. The van der Waals surface area contributed by atoms with Gasteiger partial charge in [0.05, 0.1) is 12.4 Å². The highest BCUT2D eigenvalue weighted by Crippen LogP contribution is 2.24. The van der Waals surface area contributed by atoms with Crippen LogP contribution in [0.25, 0.3) is 6.08 Å². The number of carbonyl (C=O) groups is 3. The van der Waals surface area contributed by atoms with Crippen molar-refractivity contribution in [2.75, 3.05) is 17.7 Å². The molecular formula is C26H22Cl2N2O4S. The average Bonchev–Trinajstić information content (AvgIpc) is 2.85. The second-order valence-corrected chi connectivity index (χ2v) is 9.01. The van der Waals surface area contributed by atoms with Crippen molar-refractivity contribution in [2.24, 2.45) is 0 Å². The molecule has 0 aliphatic carbocycles. The van der Waals surface area contributed by atoms with Gasteiger partial charge in [-0.05, 0) is 67.1 Å². The van der Waals surface area contributed by atoms with Crippen LogP contribution >= 0.6 is 35.0 Å². The van der Waals surface area contributed by atoms with Gasteiger partial charge in [-0.1, -0.05) is 47.5 Å². The molecule has 0 saturated heterocycles. The number of thioether (sulfide) groups is 1. The number of halogens is 2. The van der Waals surface area contributed by atoms with Gasteiger partial charge in [0.25, 0.3) is 11.8 Å². The van der Waals surface area contributed by atoms with Gasteiger partial charge in [0.2, 0.25) is 0 Å². The fourth-order valence-corrected chi connectivity index (χ4v) is 4.05. The van der Waals surface area contributed by atoms with E-state index in [1.807, 2.05) is 0 Å². The highest BCUT2D eigenvalue weighted by atomic mass is 35.5. The molecule has 0 unspecified atom stereocenters. The molecule has 0 atom stereocenters. The number of amides is 2. The maximum atomic E-state index is 13.1. The number of hydrogen-bond donors (Lipinski definition) is 2. The summed E-state index contributed by atoms with van der Waals surface area (Å²) in [5.41, 5.74) is 1.43. The summed E-state index contributed by atoms with van der Waals surface area (Å²) in [6.07, 6.45) is 1.48. The van der Waals surface area contributed by atoms with E-state index >= 15 is 0 Å². The van der Waals surface area contributed by atoms with Crippen molar-refractivity contribution in [1.29, 1.82) is 0 Å². The quantitative estimate of drug-likeness (QED) is 0.200. The van der Waals surface area contributed by atoms with E-state index in [0.717, 1.165) is 4.90 Å². The van der Waals surface area contributed by atoms with Crippen LogP contribution in [0.3, 0.4) is 0 Å². The van der Waals surface area contributed by atoms with E-state index in [-0.39, 0.29) is 17.4 Å². The summed E-state index contributed by atoms with van der Waals surface area (Å²) in [6, 6.07) is 20.4. The Labute approximate surface area is 217 Å². The normalized spacial score (nSPS) is 11.0. The third-order valence-electron chi connectivity index (χ3n) is 4.57. The van der Waals surface area contributed by atoms with Gasteiger partial charge >= 0.3 is 5.97 Å². The molecule has 0 heterocycles. The molecule has 3 aromatic carbocycles. The van der Waals surface area contributed by atoms with Crippen molar-refractivity contribution in [2.45, 2.75) is 11.8 Å². The number of anilines is 1. The van der Waals surface area contributed by atoms with Gasteiger partial charge in [-0.15, -0.1) is 11.8 Å². The minimum absolute atomic E-state index is 0.00355. The maximum absolute atomic E-state index is 13.1. The van der Waals surface area contributed by atoms with Crippen LogP contribution in [0.15, 0.2) is 83.4 Å². The van der Waals surface area contributed by atoms with E-state index in [0.29, 0.717) is 33.5 Å². The summed E-state index contributed by atoms with van der Waals surface area (Å²) in [4.78, 5) is 38.2. The van der Waals surface area contributed by atoms with E-state index in [2.05, 4.69) is 10.6 Å². The molecule has 6 nitrogen and oxygen atoms in total. The molecule has 2 amide bonds. The Morgan fingerprint density at radius 2 is 1.69 bits per heavy atom. The Morgan fingerprint density at radius 3 is 2.34 bits per heavy atom. The Kier molecular flexibility index (Phi) is 9.78. The Morgan fingerprint density at radius 1 is 0.971 bits per heavy atom. The maximum Gasteiger partial charge on any atom is 0.316 e. The number of ether oxygens (including phenoxy) is 1. The molecule has 3 aromatic rings. The fourth-order valence-electron chi connectivity index (χ4n) is 2.89. The molecule has 0 spiro atoms. The van der Waals surface area contributed by atoms with Crippen molar-refractivity contribution >= 4 is 64.5 Å². The minimum atomic E-state index is -0.535. The molecule has 0 aliphatic heterocycles. The van der Waals surface area contributed by atoms with Crippen LogP contribution in [-0.2, 0) is 14.3 Å². The van der Waals surface area contributed by atoms with Gasteiger partial charge < -0.3 is 15.4 Å². The van der Waals surface area contributed by atoms with Crippen LogP contribution in [0.1, 0.15) is 22.8 Å². The lowest BCUT2D eigenvalue weighted by molar-refractivity contribution is -0.139. The van der Waals surface area contributed by atoms with Gasteiger partial charge in [0.1, 0.15) is 5.70 Å². The first-order valence-corrected chi connectivity index (χ1v) is 12.3. The molecular weight excluding hydrogens is 507 g/mol. The van der Waals surface area contributed by atoms with Crippen LogP contribution in [0.5, 0.6) is 0 Å². The van der Waals surface area contributed by atoms with Crippen LogP contribution < -0.4 is 10.6 Å². The molecule has 0 bridgehead atoms. The number of nitrogens with one attached hydrogen (secondary N) is 2. The van der Waals surface area contributed by atoms with Crippen molar-refractivity contribution in [1.82, 2.24) is 5.32 Å². The molecule has 0 saturated carbocycles. The zero-order valence-electron chi connectivity index (χ0n) is 18.7. The van der Waals surface area contributed by atoms with Gasteiger partial charge in [0.15, 0.2) is 0 Å². The molecule has 0 aliphatic rings. The van der Waals surface area contributed by atoms with Crippen LogP contribution in [-0.4, -0.2) is 30.1 Å². The smallest absolute Gasteiger partial charge is 0.316 e. The lowest BCUT2D eigenvalue weighted by atomic mass is 10.1. The lowest BCUT2D eigenvalue weighted by Gasteiger charge is -2.12. The van der Waals surface area contributed by atoms with E-state index in [9.17, 15) is 14.4 Å². The van der Waals surface area contributed by atoms with Gasteiger partial charge in [0, 0.05) is 26.2 Å². The molecule has 35 heavy (non-hydrogen) atoms. The minimum Gasteiger partial charge on any atom is -0.465 e. The summed E-state index contributed by atoms with van der Waals surface area (Å²) in [6.45, 7) is 2.09. The SMILES string of the molecule is CCOC(=O)CSc1ccc(NC(=O)/C(=C/c2ccc(Cl)cc2Cl)NC(=O)c2ccccc2)cc1. The summed E-state index contributed by atoms with van der Waals surface area (Å²) in [5, 5.41) is 6.22. The highest BCUT2D eigenvalue weighted by molar-refractivity contribution is 8.00. The summed E-state index contributed by atoms with van der Waals surface area (Å²) < 4.78 is 4.92. The first-order valence-electron chi connectivity index (χ1n) is 10.6. The number of esters is 1. The second kappa shape index (κ2) is 13.0. The van der Waals surface area contributed by atoms with Crippen molar-refractivity contribution in [3.63, 3.8) is 0 Å². The van der Waals surface area contributed by atoms with E-state index in [1.54, 1.807) is 79.7 Å². The highest BCUT2D eigenvalue weighted by Gasteiger charge is 2.16. The van der Waals surface area contributed by atoms with Crippen molar-refractivity contribution in [3.05, 3.63) is 99.7 Å². The fraction of sp³-hybridized carbons (Fsp3) is 0.115. The number of rotatable bonds is 9. The topological polar surface area (TPSA) is 84.5 Å². The molecule has 180 valence electrons. The molecule has 9 heteroatoms. The number of carbonyl (C=O) groups excluding carboxylic acids is 3. The van der Waals surface area contributed by atoms with Gasteiger partial charge in [-0.2, -0.15) is 0 Å². The van der Waals surface area contributed by atoms with Crippen molar-refractivity contribution in [3.8, 4) is 0 Å². The lowest BCUT2D eigenvalue weighted by Crippen LogP contribution is -2.30. The van der Waals surface area contributed by atoms with E-state index in [1.165, 1.54) is 17.8 Å². The molecule has 0 aromatic heterocycles. The molecule has 3 rings (SSSR count). The van der Waals surface area contributed by atoms with Crippen LogP contribution in [0.4, 0.5) is 5.69 Å². The molecule has 2 N–H and O–H groups in total. The monoisotopic (exact) mass is 528 g/mol. The standard InChI is InChI=1S/C26H22Cl2N2O4S/c1-2-34-24(31)16-35-21-12-10-20(11-13-21)29-26(33)23(14-18-8-9-19(27)15-22(18)28)30-25(32)17-6-4-3-5-7-17/h3-15H,2,16H2,1H3,(H,29,33)(H,30,32)/b23-14-. The van der Waals surface area contributed by atoms with Gasteiger partial charge in [-0.25, -0.2) is 0 Å². The third kappa shape index (κ3) is 8.17. The van der Waals surface area contributed by atoms with Crippen LogP contribution in [0.2, 0.25) is 10.0 Å². The zero-order valence-corrected chi connectivity index (χ0v) is 21.0. The molecule has 0 fully saturated rings. The number of hydrogen-bond acceptors (Lipinski definition) is 5. The first-order chi connectivity index (χ1) is 16.9. The summed E-state index contributed by atoms with van der Waals surface area (Å²) in [5.74, 6) is -1.07. The Balaban J connectivity index is 1.78. The van der Waals surface area contributed by atoms with Crippen molar-refractivity contribution < 1.29 is 19.1 Å². The average molecular weight is 529 g/mol. The summed E-state index contributed by atoms with van der Waals surface area (Å²) >= 11 is 13.6. The Hall–Kier alpha value is -3.26. The largest absolute Gasteiger partial charge is 0.465 e. The summed E-state index contributed by atoms with van der Waals surface area (Å²) in [7, 11) is 0. The predicted octanol–water partition coefficient (Wildman–Crippen LogP) is 6.06. The molecule has 0 radical (unpaired) electrons. The van der Waals surface area contributed by atoms with E-state index in [4.69, 9.17) is 27.9 Å². The van der Waals surface area contributed by atoms with Gasteiger partial charge in [-0.3, -0.25) is 14.4 Å². The second-order valence-electron chi connectivity index (χ2n) is 7.12.